The highest BCUT2D eigenvalue weighted by Gasteiger charge is 2.31. The van der Waals surface area contributed by atoms with E-state index < -0.39 is 0 Å². The number of ether oxygens (including phenoxy) is 1. The lowest BCUT2D eigenvalue weighted by atomic mass is 10.0. The Hall–Kier alpha value is -1.55. The van der Waals surface area contributed by atoms with E-state index in [1.54, 1.807) is 7.11 Å². The summed E-state index contributed by atoms with van der Waals surface area (Å²) in [7, 11) is 3.59. The van der Waals surface area contributed by atoms with Gasteiger partial charge >= 0.3 is 0 Å². The number of carbonyl (C=O) groups is 1. The molecule has 1 unspecified atom stereocenters. The Kier molecular flexibility index (Phi) is 3.80. The van der Waals surface area contributed by atoms with Crippen molar-refractivity contribution in [2.45, 2.75) is 33.2 Å². The van der Waals surface area contributed by atoms with E-state index in [9.17, 15) is 4.79 Å². The number of nitrogens with one attached hydrogen (secondary N) is 1. The summed E-state index contributed by atoms with van der Waals surface area (Å²) in [5, 5.41) is 3.18. The standard InChI is InChI=1S/C15H22N2O2/c1-9-6-13(10(2)11(3)15(9)19-5)17-8-12(16-4)7-14(17)18/h6,12,16H,7-8H2,1-5H3. The van der Waals surface area contributed by atoms with Crippen molar-refractivity contribution in [1.29, 1.82) is 0 Å². The van der Waals surface area contributed by atoms with Crippen LogP contribution in [0.3, 0.4) is 0 Å². The van der Waals surface area contributed by atoms with Crippen molar-refractivity contribution in [2.75, 3.05) is 25.6 Å². The number of aryl methyl sites for hydroxylation is 1. The van der Waals surface area contributed by atoms with Crippen LogP contribution in [0.15, 0.2) is 6.07 Å². The molecular formula is C15H22N2O2. The molecule has 1 saturated heterocycles. The summed E-state index contributed by atoms with van der Waals surface area (Å²) in [6.45, 7) is 6.85. The normalized spacial score (nSPS) is 19.1. The van der Waals surface area contributed by atoms with E-state index in [1.165, 1.54) is 0 Å². The molecule has 1 aliphatic heterocycles. The molecule has 4 nitrogen and oxygen atoms in total. The number of nitrogens with zero attached hydrogens (tertiary/aromatic N) is 1. The molecule has 1 fully saturated rings. The van der Waals surface area contributed by atoms with Gasteiger partial charge in [0.15, 0.2) is 0 Å². The minimum absolute atomic E-state index is 0.186. The molecule has 19 heavy (non-hydrogen) atoms. The lowest BCUT2D eigenvalue weighted by Crippen LogP contribution is -2.30. The van der Waals surface area contributed by atoms with Gasteiger partial charge in [-0.15, -0.1) is 0 Å². The van der Waals surface area contributed by atoms with Crippen LogP contribution in [0.2, 0.25) is 0 Å². The number of hydrogen-bond donors (Lipinski definition) is 1. The third-order valence-electron chi connectivity index (χ3n) is 4.03. The SMILES string of the molecule is CNC1CC(=O)N(c2cc(C)c(OC)c(C)c2C)C1. The molecule has 1 N–H and O–H groups in total. The molecule has 1 aromatic carbocycles. The summed E-state index contributed by atoms with van der Waals surface area (Å²) >= 11 is 0. The maximum absolute atomic E-state index is 12.1. The van der Waals surface area contributed by atoms with Crippen molar-refractivity contribution in [1.82, 2.24) is 5.32 Å². The number of rotatable bonds is 3. The van der Waals surface area contributed by atoms with E-state index in [-0.39, 0.29) is 11.9 Å². The Morgan fingerprint density at radius 2 is 2.00 bits per heavy atom. The molecular weight excluding hydrogens is 240 g/mol. The molecule has 2 rings (SSSR count). The first kappa shape index (κ1) is 13.9. The maximum atomic E-state index is 12.1. The smallest absolute Gasteiger partial charge is 0.228 e. The lowest BCUT2D eigenvalue weighted by molar-refractivity contribution is -0.117. The zero-order valence-corrected chi connectivity index (χ0v) is 12.3. The van der Waals surface area contributed by atoms with Crippen LogP contribution in [0.4, 0.5) is 5.69 Å². The van der Waals surface area contributed by atoms with E-state index in [4.69, 9.17) is 4.74 Å². The third-order valence-corrected chi connectivity index (χ3v) is 4.03. The molecule has 104 valence electrons. The number of likely N-dealkylation sites (N-methyl/N-ethyl adjacent to an activating group) is 1. The highest BCUT2D eigenvalue weighted by molar-refractivity contribution is 5.97. The second-order valence-corrected chi connectivity index (χ2v) is 5.19. The molecule has 0 aromatic heterocycles. The van der Waals surface area contributed by atoms with Gasteiger partial charge in [0.05, 0.1) is 7.11 Å². The minimum atomic E-state index is 0.186. The lowest BCUT2D eigenvalue weighted by Gasteiger charge is -2.23. The number of benzene rings is 1. The van der Waals surface area contributed by atoms with Gasteiger partial charge in [-0.2, -0.15) is 0 Å². The van der Waals surface area contributed by atoms with Crippen molar-refractivity contribution in [3.8, 4) is 5.75 Å². The molecule has 0 bridgehead atoms. The summed E-state index contributed by atoms with van der Waals surface area (Å²) in [5.74, 6) is 1.10. The minimum Gasteiger partial charge on any atom is -0.496 e. The Labute approximate surface area is 114 Å². The number of anilines is 1. The van der Waals surface area contributed by atoms with Crippen molar-refractivity contribution in [2.24, 2.45) is 0 Å². The molecule has 1 aromatic rings. The fourth-order valence-electron chi connectivity index (χ4n) is 2.77. The average molecular weight is 262 g/mol. The highest BCUT2D eigenvalue weighted by atomic mass is 16.5. The zero-order chi connectivity index (χ0) is 14.2. The van der Waals surface area contributed by atoms with Crippen molar-refractivity contribution >= 4 is 11.6 Å². The van der Waals surface area contributed by atoms with Crippen LogP contribution in [0.1, 0.15) is 23.1 Å². The average Bonchev–Trinajstić information content (AvgIpc) is 2.76. The van der Waals surface area contributed by atoms with Gasteiger partial charge in [-0.1, -0.05) is 0 Å². The van der Waals surface area contributed by atoms with Crippen LogP contribution in [0.25, 0.3) is 0 Å². The molecule has 1 amide bonds. The predicted molar refractivity (Wildman–Crippen MR) is 77.0 cm³/mol. The van der Waals surface area contributed by atoms with Crippen LogP contribution < -0.4 is 15.0 Å². The first-order chi connectivity index (χ1) is 8.99. The summed E-state index contributed by atoms with van der Waals surface area (Å²) in [5.41, 5.74) is 4.31. The second-order valence-electron chi connectivity index (χ2n) is 5.19. The molecule has 0 spiro atoms. The van der Waals surface area contributed by atoms with Gasteiger partial charge in [0, 0.05) is 24.7 Å². The summed E-state index contributed by atoms with van der Waals surface area (Å²) < 4.78 is 5.43. The van der Waals surface area contributed by atoms with Crippen LogP contribution in [-0.4, -0.2) is 32.7 Å². The Balaban J connectivity index is 2.44. The topological polar surface area (TPSA) is 41.6 Å². The molecule has 4 heteroatoms. The van der Waals surface area contributed by atoms with Crippen molar-refractivity contribution in [3.05, 3.63) is 22.8 Å². The predicted octanol–water partition coefficient (Wildman–Crippen LogP) is 1.95. The Morgan fingerprint density at radius 1 is 1.32 bits per heavy atom. The van der Waals surface area contributed by atoms with Gasteiger partial charge in [-0.25, -0.2) is 0 Å². The van der Waals surface area contributed by atoms with Gasteiger partial charge in [0.2, 0.25) is 5.91 Å². The second kappa shape index (κ2) is 5.21. The summed E-state index contributed by atoms with van der Waals surface area (Å²) in [6.07, 6.45) is 0.570. The molecule has 1 heterocycles. The van der Waals surface area contributed by atoms with Gasteiger partial charge in [0.1, 0.15) is 5.75 Å². The molecule has 1 atom stereocenters. The van der Waals surface area contributed by atoms with Crippen LogP contribution in [-0.2, 0) is 4.79 Å². The number of methoxy groups -OCH3 is 1. The fraction of sp³-hybridized carbons (Fsp3) is 0.533. The van der Waals surface area contributed by atoms with Gasteiger partial charge in [-0.05, 0) is 50.6 Å². The molecule has 0 saturated carbocycles. The van der Waals surface area contributed by atoms with Crippen LogP contribution in [0.5, 0.6) is 5.75 Å². The van der Waals surface area contributed by atoms with Crippen LogP contribution in [0, 0.1) is 20.8 Å². The molecule has 0 radical (unpaired) electrons. The van der Waals surface area contributed by atoms with Gasteiger partial charge < -0.3 is 15.0 Å². The number of hydrogen-bond acceptors (Lipinski definition) is 3. The Bertz CT molecular complexity index is 511. The first-order valence-electron chi connectivity index (χ1n) is 6.62. The largest absolute Gasteiger partial charge is 0.496 e. The van der Waals surface area contributed by atoms with Gasteiger partial charge in [-0.3, -0.25) is 4.79 Å². The third kappa shape index (κ3) is 2.32. The first-order valence-corrected chi connectivity index (χ1v) is 6.62. The maximum Gasteiger partial charge on any atom is 0.228 e. The summed E-state index contributed by atoms with van der Waals surface area (Å²) in [4.78, 5) is 14.0. The van der Waals surface area contributed by atoms with Crippen molar-refractivity contribution in [3.63, 3.8) is 0 Å². The Morgan fingerprint density at radius 3 is 2.53 bits per heavy atom. The van der Waals surface area contributed by atoms with E-state index in [0.29, 0.717) is 6.42 Å². The molecule has 1 aliphatic rings. The van der Waals surface area contributed by atoms with E-state index in [1.807, 2.05) is 32.7 Å². The van der Waals surface area contributed by atoms with E-state index in [0.717, 1.165) is 34.7 Å². The van der Waals surface area contributed by atoms with E-state index >= 15 is 0 Å². The molecule has 0 aliphatic carbocycles. The quantitative estimate of drug-likeness (QED) is 0.905. The van der Waals surface area contributed by atoms with Crippen LogP contribution >= 0.6 is 0 Å². The zero-order valence-electron chi connectivity index (χ0n) is 12.3. The van der Waals surface area contributed by atoms with E-state index in [2.05, 4.69) is 11.4 Å². The number of amides is 1. The van der Waals surface area contributed by atoms with Gasteiger partial charge in [0.25, 0.3) is 0 Å². The highest BCUT2D eigenvalue weighted by Crippen LogP contribution is 2.35. The number of carbonyl (C=O) groups excluding carboxylic acids is 1. The summed E-state index contributed by atoms with van der Waals surface area (Å²) in [6, 6.07) is 2.30. The monoisotopic (exact) mass is 262 g/mol. The fourth-order valence-corrected chi connectivity index (χ4v) is 2.77. The van der Waals surface area contributed by atoms with Crippen molar-refractivity contribution < 1.29 is 9.53 Å².